The summed E-state index contributed by atoms with van der Waals surface area (Å²) in [7, 11) is 1.54. The molecule has 0 saturated heterocycles. The number of aliphatic carboxylic acids is 1. The zero-order chi connectivity index (χ0) is 16.1. The Balaban J connectivity index is 2.15. The topological polar surface area (TPSA) is 84.9 Å². The molecule has 0 aliphatic heterocycles. The number of carbonyl (C=O) groups is 2. The molecule has 1 atom stereocenters. The number of carbonyl (C=O) groups excluding carboxylic acids is 1. The van der Waals surface area contributed by atoms with Crippen molar-refractivity contribution in [1.29, 1.82) is 0 Å². The van der Waals surface area contributed by atoms with Gasteiger partial charge in [0, 0.05) is 6.07 Å². The van der Waals surface area contributed by atoms with Crippen molar-refractivity contribution in [2.24, 2.45) is 5.92 Å². The van der Waals surface area contributed by atoms with Gasteiger partial charge in [0.25, 0.3) is 5.91 Å². The van der Waals surface area contributed by atoms with Crippen LogP contribution in [0.1, 0.15) is 36.5 Å². The summed E-state index contributed by atoms with van der Waals surface area (Å²) in [5.41, 5.74) is 0.321. The molecule has 2 N–H and O–H groups in total. The van der Waals surface area contributed by atoms with Crippen molar-refractivity contribution in [3.63, 3.8) is 0 Å². The van der Waals surface area contributed by atoms with Crippen LogP contribution in [0.25, 0.3) is 0 Å². The second-order valence-electron chi connectivity index (χ2n) is 5.39. The van der Waals surface area contributed by atoms with Gasteiger partial charge in [-0.1, -0.05) is 6.92 Å². The molecule has 120 valence electrons. The predicted octanol–water partition coefficient (Wildman–Crippen LogP) is 2.08. The number of carboxylic acid groups (broad SMARTS) is 1. The first-order valence-electron chi connectivity index (χ1n) is 7.39. The highest BCUT2D eigenvalue weighted by molar-refractivity contribution is 5.99. The van der Waals surface area contributed by atoms with Crippen molar-refractivity contribution < 1.29 is 24.2 Å². The van der Waals surface area contributed by atoms with E-state index >= 15 is 0 Å². The molecule has 1 aliphatic carbocycles. The van der Waals surface area contributed by atoms with Crippen molar-refractivity contribution in [3.8, 4) is 11.5 Å². The molecule has 0 spiro atoms. The van der Waals surface area contributed by atoms with Crippen LogP contribution in [0, 0.1) is 5.92 Å². The molecule has 1 aromatic carbocycles. The Labute approximate surface area is 129 Å². The molecule has 0 heterocycles. The SMILES string of the molecule is CCC(NC(=O)c1ccc(OC)cc1OCC1CC1)C(=O)O. The van der Waals surface area contributed by atoms with Gasteiger partial charge in [0.2, 0.25) is 0 Å². The summed E-state index contributed by atoms with van der Waals surface area (Å²) in [4.78, 5) is 23.3. The molecular formula is C16H21NO5. The first kappa shape index (κ1) is 16.1. The van der Waals surface area contributed by atoms with Gasteiger partial charge in [-0.15, -0.1) is 0 Å². The maximum Gasteiger partial charge on any atom is 0.326 e. The van der Waals surface area contributed by atoms with Gasteiger partial charge in [-0.05, 0) is 37.3 Å². The minimum absolute atomic E-state index is 0.315. The van der Waals surface area contributed by atoms with Gasteiger partial charge in [0.05, 0.1) is 19.3 Å². The molecule has 1 saturated carbocycles. The third-order valence-corrected chi connectivity index (χ3v) is 3.62. The van der Waals surface area contributed by atoms with E-state index in [0.717, 1.165) is 12.8 Å². The van der Waals surface area contributed by atoms with E-state index in [2.05, 4.69) is 5.32 Å². The van der Waals surface area contributed by atoms with Gasteiger partial charge in [-0.2, -0.15) is 0 Å². The number of amides is 1. The van der Waals surface area contributed by atoms with Crippen molar-refractivity contribution in [2.75, 3.05) is 13.7 Å². The van der Waals surface area contributed by atoms with Crippen LogP contribution >= 0.6 is 0 Å². The number of nitrogens with one attached hydrogen (secondary N) is 1. The van der Waals surface area contributed by atoms with Gasteiger partial charge < -0.3 is 19.9 Å². The molecule has 1 fully saturated rings. The van der Waals surface area contributed by atoms with Gasteiger partial charge in [0.1, 0.15) is 17.5 Å². The quantitative estimate of drug-likeness (QED) is 0.768. The highest BCUT2D eigenvalue weighted by atomic mass is 16.5. The van der Waals surface area contributed by atoms with E-state index in [1.54, 1.807) is 25.1 Å². The van der Waals surface area contributed by atoms with Crippen LogP contribution in [-0.2, 0) is 4.79 Å². The summed E-state index contributed by atoms with van der Waals surface area (Å²) in [5.74, 6) is 0.0497. The van der Waals surface area contributed by atoms with E-state index in [4.69, 9.17) is 14.6 Å². The van der Waals surface area contributed by atoms with Crippen molar-refractivity contribution in [3.05, 3.63) is 23.8 Å². The van der Waals surface area contributed by atoms with Crippen molar-refractivity contribution in [2.45, 2.75) is 32.2 Å². The zero-order valence-corrected chi connectivity index (χ0v) is 12.8. The third-order valence-electron chi connectivity index (χ3n) is 3.62. The predicted molar refractivity (Wildman–Crippen MR) is 80.4 cm³/mol. The summed E-state index contributed by atoms with van der Waals surface area (Å²) in [5, 5.41) is 11.5. The maximum absolute atomic E-state index is 12.3. The average Bonchev–Trinajstić information content (AvgIpc) is 3.33. The van der Waals surface area contributed by atoms with Crippen LogP contribution in [-0.4, -0.2) is 36.7 Å². The smallest absolute Gasteiger partial charge is 0.326 e. The van der Waals surface area contributed by atoms with Gasteiger partial charge in [-0.3, -0.25) is 4.79 Å². The zero-order valence-electron chi connectivity index (χ0n) is 12.8. The second kappa shape index (κ2) is 7.15. The standard InChI is InChI=1S/C16H21NO5/c1-3-13(16(19)20)17-15(18)12-7-6-11(21-2)8-14(12)22-9-10-4-5-10/h6-8,10,13H,3-5,9H2,1-2H3,(H,17,18)(H,19,20). The normalized spacial score (nSPS) is 15.0. The van der Waals surface area contributed by atoms with E-state index in [1.807, 2.05) is 0 Å². The molecule has 22 heavy (non-hydrogen) atoms. The summed E-state index contributed by atoms with van der Waals surface area (Å²) >= 11 is 0. The van der Waals surface area contributed by atoms with Crippen LogP contribution < -0.4 is 14.8 Å². The lowest BCUT2D eigenvalue weighted by molar-refractivity contribution is -0.139. The maximum atomic E-state index is 12.3. The molecule has 6 heteroatoms. The number of methoxy groups -OCH3 is 1. The molecule has 0 aromatic heterocycles. The van der Waals surface area contributed by atoms with E-state index in [-0.39, 0.29) is 0 Å². The minimum Gasteiger partial charge on any atom is -0.497 e. The van der Waals surface area contributed by atoms with Crippen molar-refractivity contribution in [1.82, 2.24) is 5.32 Å². The summed E-state index contributed by atoms with van der Waals surface area (Å²) in [6.45, 7) is 2.27. The molecule has 1 aromatic rings. The molecule has 6 nitrogen and oxygen atoms in total. The Kier molecular flexibility index (Phi) is 5.25. The number of rotatable bonds is 8. The highest BCUT2D eigenvalue weighted by Crippen LogP contribution is 2.31. The Morgan fingerprint density at radius 3 is 2.68 bits per heavy atom. The van der Waals surface area contributed by atoms with E-state index in [1.165, 1.54) is 7.11 Å². The van der Waals surface area contributed by atoms with E-state index in [0.29, 0.717) is 36.0 Å². The van der Waals surface area contributed by atoms with E-state index in [9.17, 15) is 9.59 Å². The lowest BCUT2D eigenvalue weighted by Crippen LogP contribution is -2.40. The Morgan fingerprint density at radius 1 is 1.41 bits per heavy atom. The lowest BCUT2D eigenvalue weighted by atomic mass is 10.1. The molecule has 0 radical (unpaired) electrons. The number of ether oxygens (including phenoxy) is 2. The average molecular weight is 307 g/mol. The minimum atomic E-state index is -1.05. The van der Waals surface area contributed by atoms with Crippen LogP contribution in [0.2, 0.25) is 0 Å². The number of benzene rings is 1. The summed E-state index contributed by atoms with van der Waals surface area (Å²) < 4.78 is 10.9. The number of hydrogen-bond donors (Lipinski definition) is 2. The van der Waals surface area contributed by atoms with E-state index < -0.39 is 17.9 Å². The Hall–Kier alpha value is -2.24. The fourth-order valence-electron chi connectivity index (χ4n) is 2.00. The summed E-state index contributed by atoms with van der Waals surface area (Å²) in [6, 6.07) is 3.98. The third kappa shape index (κ3) is 4.13. The fraction of sp³-hybridized carbons (Fsp3) is 0.500. The molecule has 2 rings (SSSR count). The highest BCUT2D eigenvalue weighted by Gasteiger charge is 2.24. The van der Waals surface area contributed by atoms with Gasteiger partial charge in [-0.25, -0.2) is 4.79 Å². The Morgan fingerprint density at radius 2 is 2.14 bits per heavy atom. The second-order valence-corrected chi connectivity index (χ2v) is 5.39. The fourth-order valence-corrected chi connectivity index (χ4v) is 2.00. The van der Waals surface area contributed by atoms with Crippen molar-refractivity contribution >= 4 is 11.9 Å². The first-order valence-corrected chi connectivity index (χ1v) is 7.39. The van der Waals surface area contributed by atoms with Gasteiger partial charge >= 0.3 is 5.97 Å². The van der Waals surface area contributed by atoms with Crippen LogP contribution in [0.15, 0.2) is 18.2 Å². The largest absolute Gasteiger partial charge is 0.497 e. The summed E-state index contributed by atoms with van der Waals surface area (Å²) in [6.07, 6.45) is 2.60. The molecular weight excluding hydrogens is 286 g/mol. The number of hydrogen-bond acceptors (Lipinski definition) is 4. The van der Waals surface area contributed by atoms with Crippen LogP contribution in [0.5, 0.6) is 11.5 Å². The Bertz CT molecular complexity index is 553. The molecule has 1 aliphatic rings. The molecule has 1 amide bonds. The van der Waals surface area contributed by atoms with Gasteiger partial charge in [0.15, 0.2) is 0 Å². The lowest BCUT2D eigenvalue weighted by Gasteiger charge is -2.15. The molecule has 1 unspecified atom stereocenters. The monoisotopic (exact) mass is 307 g/mol. The van der Waals surface area contributed by atoms with Crippen LogP contribution in [0.4, 0.5) is 0 Å². The number of carboxylic acids is 1. The molecule has 0 bridgehead atoms. The first-order chi connectivity index (χ1) is 10.5. The van der Waals surface area contributed by atoms with Crippen LogP contribution in [0.3, 0.4) is 0 Å².